The number of carbonyl (C=O) groups excluding carboxylic acids is 1. The number of allylic oxidation sites excluding steroid dienone is 4. The Hall–Kier alpha value is -1.41. The van der Waals surface area contributed by atoms with E-state index in [-0.39, 0.29) is 12.8 Å². The predicted molar refractivity (Wildman–Crippen MR) is 353 cm³/mol. The third-order valence-electron chi connectivity index (χ3n) is 18.0. The van der Waals surface area contributed by atoms with Crippen LogP contribution >= 0.6 is 0 Å². The summed E-state index contributed by atoms with van der Waals surface area (Å²) < 4.78 is 11.2. The molecule has 0 aromatic carbocycles. The van der Waals surface area contributed by atoms with Gasteiger partial charge in [-0.25, -0.2) is 0 Å². The third kappa shape index (κ3) is 48.5. The van der Waals surface area contributed by atoms with Crippen molar-refractivity contribution < 1.29 is 50.0 Å². The first-order chi connectivity index (χ1) is 41.2. The van der Waals surface area contributed by atoms with Crippen LogP contribution in [0.3, 0.4) is 0 Å². The van der Waals surface area contributed by atoms with Crippen LogP contribution in [-0.2, 0) is 14.3 Å². The van der Waals surface area contributed by atoms with Gasteiger partial charge in [0.1, 0.15) is 36.6 Å². The van der Waals surface area contributed by atoms with E-state index in [4.69, 9.17) is 9.47 Å². The van der Waals surface area contributed by atoms with Crippen LogP contribution < -0.4 is 5.32 Å². The summed E-state index contributed by atoms with van der Waals surface area (Å²) in [5.74, 6) is -0.701. The first kappa shape index (κ1) is 80.6. The number of nitrogens with one attached hydrogen (secondary N) is 1. The normalized spacial score (nSPS) is 19.0. The number of hydrogen-bond donors (Lipinski definition) is 8. The van der Waals surface area contributed by atoms with Crippen molar-refractivity contribution >= 4 is 5.91 Å². The molecule has 1 aliphatic heterocycles. The zero-order valence-corrected chi connectivity index (χ0v) is 55.2. The number of hydrogen-bond acceptors (Lipinski definition) is 10. The maximum absolute atomic E-state index is 13.3. The predicted octanol–water partition coefficient (Wildman–Crippen LogP) is 18.0. The van der Waals surface area contributed by atoms with Gasteiger partial charge in [-0.2, -0.15) is 0 Å². The second kappa shape index (κ2) is 61.8. The van der Waals surface area contributed by atoms with E-state index in [9.17, 15) is 40.5 Å². The van der Waals surface area contributed by atoms with E-state index in [1.807, 2.05) is 0 Å². The van der Waals surface area contributed by atoms with Crippen molar-refractivity contribution in [1.29, 1.82) is 0 Å². The third-order valence-corrected chi connectivity index (χ3v) is 18.0. The van der Waals surface area contributed by atoms with Gasteiger partial charge in [-0.15, -0.1) is 0 Å². The molecule has 0 saturated carbocycles. The second-order valence-corrected chi connectivity index (χ2v) is 26.0. The summed E-state index contributed by atoms with van der Waals surface area (Å²) in [6.07, 6.45) is 67.0. The summed E-state index contributed by atoms with van der Waals surface area (Å²) in [6.45, 7) is 3.51. The highest BCUT2D eigenvalue weighted by molar-refractivity contribution is 5.80. The lowest BCUT2D eigenvalue weighted by atomic mass is 9.98. The van der Waals surface area contributed by atoms with Crippen LogP contribution in [0, 0.1) is 0 Å². The SMILES string of the molecule is CCCCCCCCCCCCCC/C=C\CCCCCCCCCCCCC(O)C(=O)NC(COC1OC(CO)C(O)C(O)C1O)C(O)C(O)CCC/C=C/CCCCCCCCCCCCCCCCCCCCCCCCCCCC. The number of unbranched alkanes of at least 4 members (excludes halogenated alkanes) is 49. The van der Waals surface area contributed by atoms with Gasteiger partial charge in [-0.3, -0.25) is 4.79 Å². The van der Waals surface area contributed by atoms with Crippen LogP contribution in [-0.4, -0.2) is 110 Å². The Bertz CT molecular complexity index is 1420. The summed E-state index contributed by atoms with van der Waals surface area (Å²) in [4.78, 5) is 13.3. The Kier molecular flexibility index (Phi) is 59.3. The molecular weight excluding hydrogens is 1050 g/mol. The Labute approximate surface area is 518 Å². The number of carbonyl (C=O) groups is 1. The molecule has 11 heteroatoms. The molecule has 1 rings (SSSR count). The zero-order chi connectivity index (χ0) is 61.0. The molecule has 0 aliphatic carbocycles. The summed E-state index contributed by atoms with van der Waals surface area (Å²) in [5.41, 5.74) is 0. The largest absolute Gasteiger partial charge is 0.394 e. The van der Waals surface area contributed by atoms with Gasteiger partial charge in [-0.05, 0) is 64.2 Å². The second-order valence-electron chi connectivity index (χ2n) is 26.0. The van der Waals surface area contributed by atoms with Gasteiger partial charge < -0.3 is 50.5 Å². The quantitative estimate of drug-likeness (QED) is 0.0215. The van der Waals surface area contributed by atoms with Gasteiger partial charge in [0.2, 0.25) is 5.91 Å². The number of ether oxygens (including phenoxy) is 2. The smallest absolute Gasteiger partial charge is 0.249 e. The molecule has 8 N–H and O–H groups in total. The van der Waals surface area contributed by atoms with Crippen molar-refractivity contribution in [2.45, 2.75) is 422 Å². The fourth-order valence-corrected chi connectivity index (χ4v) is 12.1. The van der Waals surface area contributed by atoms with Crippen LogP contribution in [0.1, 0.15) is 367 Å². The Balaban J connectivity index is 2.19. The molecular formula is C73H141NO10. The average molecular weight is 1190 g/mol. The van der Waals surface area contributed by atoms with Crippen LogP contribution in [0.4, 0.5) is 0 Å². The van der Waals surface area contributed by atoms with Gasteiger partial charge in [-0.1, -0.05) is 327 Å². The van der Waals surface area contributed by atoms with Crippen molar-refractivity contribution in [2.24, 2.45) is 0 Å². The summed E-state index contributed by atoms with van der Waals surface area (Å²) >= 11 is 0. The molecule has 0 bridgehead atoms. The minimum Gasteiger partial charge on any atom is -0.394 e. The molecule has 1 aliphatic rings. The molecule has 9 atom stereocenters. The molecule has 0 aromatic rings. The maximum Gasteiger partial charge on any atom is 0.249 e. The summed E-state index contributed by atoms with van der Waals surface area (Å²) in [6, 6.07) is -1.19. The van der Waals surface area contributed by atoms with Crippen molar-refractivity contribution in [3.8, 4) is 0 Å². The highest BCUT2D eigenvalue weighted by Crippen LogP contribution is 2.24. The fourth-order valence-electron chi connectivity index (χ4n) is 12.1. The minimum absolute atomic E-state index is 0.255. The van der Waals surface area contributed by atoms with E-state index in [2.05, 4.69) is 43.5 Å². The molecule has 84 heavy (non-hydrogen) atoms. The van der Waals surface area contributed by atoms with Crippen LogP contribution in [0.15, 0.2) is 24.3 Å². The molecule has 0 radical (unpaired) electrons. The first-order valence-electron chi connectivity index (χ1n) is 36.7. The van der Waals surface area contributed by atoms with Crippen molar-refractivity contribution in [1.82, 2.24) is 5.32 Å². The Morgan fingerprint density at radius 1 is 0.405 bits per heavy atom. The van der Waals surface area contributed by atoms with Crippen molar-refractivity contribution in [3.05, 3.63) is 24.3 Å². The molecule has 498 valence electrons. The fraction of sp³-hybridized carbons (Fsp3) is 0.932. The first-order valence-corrected chi connectivity index (χ1v) is 36.7. The molecule has 1 saturated heterocycles. The maximum atomic E-state index is 13.3. The van der Waals surface area contributed by atoms with Gasteiger partial charge >= 0.3 is 0 Å². The number of aliphatic hydroxyl groups is 7. The van der Waals surface area contributed by atoms with Crippen LogP contribution in [0.2, 0.25) is 0 Å². The van der Waals surface area contributed by atoms with Gasteiger partial charge in [0.25, 0.3) is 0 Å². The summed E-state index contributed by atoms with van der Waals surface area (Å²) in [7, 11) is 0. The number of rotatable bonds is 65. The molecule has 0 spiro atoms. The average Bonchev–Trinajstić information content (AvgIpc) is 3.66. The molecule has 0 aromatic heterocycles. The van der Waals surface area contributed by atoms with Gasteiger partial charge in [0.05, 0.1) is 25.4 Å². The zero-order valence-electron chi connectivity index (χ0n) is 55.2. The van der Waals surface area contributed by atoms with E-state index in [1.54, 1.807) is 0 Å². The lowest BCUT2D eigenvalue weighted by Crippen LogP contribution is -2.60. The molecule has 1 amide bonds. The molecule has 11 nitrogen and oxygen atoms in total. The Morgan fingerprint density at radius 3 is 1.02 bits per heavy atom. The van der Waals surface area contributed by atoms with E-state index in [0.717, 1.165) is 38.5 Å². The van der Waals surface area contributed by atoms with Crippen LogP contribution in [0.25, 0.3) is 0 Å². The lowest BCUT2D eigenvalue weighted by Gasteiger charge is -2.40. The van der Waals surface area contributed by atoms with Gasteiger partial charge in [0, 0.05) is 0 Å². The number of amides is 1. The van der Waals surface area contributed by atoms with Crippen molar-refractivity contribution in [3.63, 3.8) is 0 Å². The molecule has 9 unspecified atom stereocenters. The summed E-state index contributed by atoms with van der Waals surface area (Å²) in [5, 5.41) is 76.6. The lowest BCUT2D eigenvalue weighted by molar-refractivity contribution is -0.303. The number of aliphatic hydroxyl groups excluding tert-OH is 7. The van der Waals surface area contributed by atoms with E-state index in [0.29, 0.717) is 12.8 Å². The topological polar surface area (TPSA) is 189 Å². The van der Waals surface area contributed by atoms with E-state index < -0.39 is 74.2 Å². The minimum atomic E-state index is -1.67. The van der Waals surface area contributed by atoms with Crippen LogP contribution in [0.5, 0.6) is 0 Å². The Morgan fingerprint density at radius 2 is 0.702 bits per heavy atom. The van der Waals surface area contributed by atoms with E-state index >= 15 is 0 Å². The van der Waals surface area contributed by atoms with E-state index in [1.165, 1.54) is 289 Å². The standard InChI is InChI=1S/C73H141NO10/c1-3-5-7-9-11-13-15-17-19-21-23-25-27-29-31-32-33-34-35-37-38-40-42-44-46-48-50-52-54-56-58-60-65(76)68(78)64(63-83-73-71(81)70(80)69(79)67(62-75)84-73)74-72(82)66(77)61-59-57-55-53-51-49-47-45-43-41-39-36-30-28-26-24-22-20-18-16-14-12-10-8-6-4-2/h30,36,52,54,64-71,73,75-81H,3-29,31-35,37-51,53,55-63H2,1-2H3,(H,74,82)/b36-30-,54-52+. The monoisotopic (exact) mass is 1190 g/mol. The van der Waals surface area contributed by atoms with Crippen molar-refractivity contribution in [2.75, 3.05) is 13.2 Å². The molecule has 1 heterocycles. The van der Waals surface area contributed by atoms with Gasteiger partial charge in [0.15, 0.2) is 6.29 Å². The highest BCUT2D eigenvalue weighted by atomic mass is 16.7. The molecule has 1 fully saturated rings. The highest BCUT2D eigenvalue weighted by Gasteiger charge is 2.44.